The van der Waals surface area contributed by atoms with Crippen molar-refractivity contribution in [1.29, 1.82) is 0 Å². The predicted molar refractivity (Wildman–Crippen MR) is 99.8 cm³/mol. The van der Waals surface area contributed by atoms with E-state index in [2.05, 4.69) is 10.3 Å². The van der Waals surface area contributed by atoms with Crippen LogP contribution in [0, 0.1) is 10.1 Å². The van der Waals surface area contributed by atoms with Crippen LogP contribution in [0.1, 0.15) is 12.0 Å². The third-order valence-corrected chi connectivity index (χ3v) is 4.51. The lowest BCUT2D eigenvalue weighted by Gasteiger charge is -2.23. The van der Waals surface area contributed by atoms with Crippen molar-refractivity contribution in [2.45, 2.75) is 12.6 Å². The summed E-state index contributed by atoms with van der Waals surface area (Å²) in [5.74, 6) is 0.427. The molecule has 2 aromatic rings. The van der Waals surface area contributed by atoms with Gasteiger partial charge in [0.1, 0.15) is 5.82 Å². The molecule has 8 nitrogen and oxygen atoms in total. The van der Waals surface area contributed by atoms with Gasteiger partial charge < -0.3 is 15.1 Å². The number of carbonyl (C=O) groups is 1. The fourth-order valence-corrected chi connectivity index (χ4v) is 2.96. The molecule has 29 heavy (non-hydrogen) atoms. The fraction of sp³-hybridized carbons (Fsp3) is 0.333. The molecule has 2 heterocycles. The van der Waals surface area contributed by atoms with E-state index in [1.807, 2.05) is 4.90 Å². The average Bonchev–Trinajstić information content (AvgIpc) is 2.94. The number of alkyl halides is 3. The summed E-state index contributed by atoms with van der Waals surface area (Å²) in [6.45, 7) is 1.81. The lowest BCUT2D eigenvalue weighted by Crippen LogP contribution is -2.38. The smallest absolute Gasteiger partial charge is 0.355 e. The Hall–Kier alpha value is -3.37. The van der Waals surface area contributed by atoms with E-state index >= 15 is 0 Å². The molecule has 0 radical (unpaired) electrons. The number of hydrogen-bond acceptors (Lipinski definition) is 5. The fourth-order valence-electron chi connectivity index (χ4n) is 2.96. The molecule has 0 bridgehead atoms. The summed E-state index contributed by atoms with van der Waals surface area (Å²) in [6, 6.07) is 7.48. The van der Waals surface area contributed by atoms with Gasteiger partial charge in [0.15, 0.2) is 0 Å². The van der Waals surface area contributed by atoms with E-state index in [1.165, 1.54) is 30.3 Å². The van der Waals surface area contributed by atoms with Crippen LogP contribution < -0.4 is 10.2 Å². The molecule has 3 rings (SSSR count). The van der Waals surface area contributed by atoms with Gasteiger partial charge in [-0.2, -0.15) is 13.2 Å². The number of amides is 2. The number of pyridine rings is 1. The van der Waals surface area contributed by atoms with E-state index < -0.39 is 16.7 Å². The molecule has 2 amide bonds. The van der Waals surface area contributed by atoms with Gasteiger partial charge in [-0.05, 0) is 30.7 Å². The van der Waals surface area contributed by atoms with Crippen LogP contribution in [-0.4, -0.2) is 47.0 Å². The summed E-state index contributed by atoms with van der Waals surface area (Å²) in [5.41, 5.74) is -0.441. The number of halogens is 3. The van der Waals surface area contributed by atoms with E-state index in [4.69, 9.17) is 0 Å². The second-order valence-corrected chi connectivity index (χ2v) is 6.46. The van der Waals surface area contributed by atoms with E-state index in [1.54, 1.807) is 4.90 Å². The van der Waals surface area contributed by atoms with Gasteiger partial charge >= 0.3 is 12.2 Å². The Morgan fingerprint density at radius 2 is 1.79 bits per heavy atom. The molecule has 1 fully saturated rings. The molecule has 154 valence electrons. The number of anilines is 2. The minimum atomic E-state index is -4.43. The van der Waals surface area contributed by atoms with Crippen LogP contribution in [0.3, 0.4) is 0 Å². The lowest BCUT2D eigenvalue weighted by molar-refractivity contribution is -0.384. The van der Waals surface area contributed by atoms with Crippen molar-refractivity contribution >= 4 is 23.2 Å². The zero-order valence-electron chi connectivity index (χ0n) is 15.2. The summed E-state index contributed by atoms with van der Waals surface area (Å²) in [5, 5.41) is 13.4. The molecule has 0 saturated carbocycles. The molecule has 1 aliphatic rings. The van der Waals surface area contributed by atoms with Gasteiger partial charge in [0.2, 0.25) is 0 Å². The quantitative estimate of drug-likeness (QED) is 0.616. The van der Waals surface area contributed by atoms with Crippen LogP contribution in [0.4, 0.5) is 35.2 Å². The van der Waals surface area contributed by atoms with Crippen molar-refractivity contribution in [3.8, 4) is 0 Å². The van der Waals surface area contributed by atoms with Gasteiger partial charge in [0.05, 0.1) is 10.5 Å². The number of rotatable bonds is 3. The van der Waals surface area contributed by atoms with Crippen LogP contribution in [0.25, 0.3) is 0 Å². The second-order valence-electron chi connectivity index (χ2n) is 6.46. The predicted octanol–water partition coefficient (Wildman–Crippen LogP) is 3.75. The lowest BCUT2D eigenvalue weighted by atomic mass is 10.2. The highest BCUT2D eigenvalue weighted by molar-refractivity contribution is 5.89. The Morgan fingerprint density at radius 1 is 1.07 bits per heavy atom. The molecule has 0 aliphatic carbocycles. The molecule has 1 saturated heterocycles. The van der Waals surface area contributed by atoms with Gasteiger partial charge in [-0.25, -0.2) is 9.78 Å². The molecule has 0 spiro atoms. The summed E-state index contributed by atoms with van der Waals surface area (Å²) in [6.07, 6.45) is -3.01. The van der Waals surface area contributed by atoms with E-state index in [0.29, 0.717) is 44.1 Å². The average molecular weight is 409 g/mol. The highest BCUT2D eigenvalue weighted by Crippen LogP contribution is 2.29. The zero-order valence-corrected chi connectivity index (χ0v) is 15.2. The first kappa shape index (κ1) is 20.4. The number of nitrogens with one attached hydrogen (secondary N) is 1. The van der Waals surface area contributed by atoms with Crippen molar-refractivity contribution in [2.75, 3.05) is 36.4 Å². The minimum Gasteiger partial charge on any atom is -0.355 e. The number of non-ortho nitro benzene ring substituents is 1. The number of urea groups is 1. The minimum absolute atomic E-state index is 0.0718. The number of nitrogens with zero attached hydrogens (tertiary/aromatic N) is 4. The van der Waals surface area contributed by atoms with Crippen molar-refractivity contribution < 1.29 is 22.9 Å². The first-order valence-corrected chi connectivity index (χ1v) is 8.82. The van der Waals surface area contributed by atoms with Crippen LogP contribution in [0.5, 0.6) is 0 Å². The van der Waals surface area contributed by atoms with Crippen molar-refractivity contribution in [3.63, 3.8) is 0 Å². The Kier molecular flexibility index (Phi) is 5.85. The maximum Gasteiger partial charge on any atom is 0.417 e. The van der Waals surface area contributed by atoms with Gasteiger partial charge in [0, 0.05) is 50.2 Å². The van der Waals surface area contributed by atoms with Crippen LogP contribution in [0.2, 0.25) is 0 Å². The van der Waals surface area contributed by atoms with Crippen molar-refractivity contribution in [3.05, 3.63) is 58.3 Å². The third-order valence-electron chi connectivity index (χ3n) is 4.51. The Labute approximate surface area is 164 Å². The number of aromatic nitrogens is 1. The molecule has 1 aliphatic heterocycles. The monoisotopic (exact) mass is 409 g/mol. The highest BCUT2D eigenvalue weighted by atomic mass is 19.4. The third kappa shape index (κ3) is 5.12. The molecular formula is C18H18F3N5O3. The number of benzene rings is 1. The van der Waals surface area contributed by atoms with Gasteiger partial charge in [-0.1, -0.05) is 0 Å². The summed E-state index contributed by atoms with van der Waals surface area (Å²) in [7, 11) is 0. The maximum absolute atomic E-state index is 12.7. The zero-order chi connectivity index (χ0) is 21.0. The number of nitro groups is 1. The van der Waals surface area contributed by atoms with Gasteiger partial charge in [-0.3, -0.25) is 10.1 Å². The highest BCUT2D eigenvalue weighted by Gasteiger charge is 2.31. The Bertz CT molecular complexity index is 872. The summed E-state index contributed by atoms with van der Waals surface area (Å²) >= 11 is 0. The van der Waals surface area contributed by atoms with E-state index in [0.717, 1.165) is 12.3 Å². The van der Waals surface area contributed by atoms with Crippen LogP contribution in [-0.2, 0) is 6.18 Å². The van der Waals surface area contributed by atoms with Crippen LogP contribution in [0.15, 0.2) is 42.6 Å². The molecule has 1 aromatic heterocycles. The largest absolute Gasteiger partial charge is 0.417 e. The number of hydrogen-bond donors (Lipinski definition) is 1. The number of nitro benzene ring substituents is 1. The van der Waals surface area contributed by atoms with E-state index in [-0.39, 0.29) is 11.7 Å². The SMILES string of the molecule is O=C(Nc1ccc([N+](=O)[O-])cc1)N1CCCN(c2ccc(C(F)(F)F)cn2)CC1. The summed E-state index contributed by atoms with van der Waals surface area (Å²) < 4.78 is 38.0. The molecule has 0 atom stereocenters. The topological polar surface area (TPSA) is 91.6 Å². The van der Waals surface area contributed by atoms with Crippen LogP contribution >= 0.6 is 0 Å². The van der Waals surface area contributed by atoms with Crippen molar-refractivity contribution in [1.82, 2.24) is 9.88 Å². The molecule has 1 N–H and O–H groups in total. The first-order chi connectivity index (χ1) is 13.7. The Balaban J connectivity index is 1.59. The standard InChI is InChI=1S/C18H18F3N5O3/c19-18(20,21)13-2-7-16(22-12-13)24-8-1-9-25(11-10-24)17(27)23-14-3-5-15(6-4-14)26(28)29/h2-7,12H,1,8-11H2,(H,23,27). The van der Waals surface area contributed by atoms with Crippen molar-refractivity contribution in [2.24, 2.45) is 0 Å². The maximum atomic E-state index is 12.7. The second kappa shape index (κ2) is 8.33. The number of carbonyl (C=O) groups excluding carboxylic acids is 1. The van der Waals surface area contributed by atoms with E-state index in [9.17, 15) is 28.1 Å². The van der Waals surface area contributed by atoms with Gasteiger partial charge in [0.25, 0.3) is 5.69 Å². The molecule has 11 heteroatoms. The molecular weight excluding hydrogens is 391 g/mol. The molecule has 1 aromatic carbocycles. The summed E-state index contributed by atoms with van der Waals surface area (Å²) in [4.78, 5) is 29.9. The normalized spacial score (nSPS) is 15.0. The first-order valence-electron chi connectivity index (χ1n) is 8.82. The molecule has 0 unspecified atom stereocenters. The Morgan fingerprint density at radius 3 is 2.38 bits per heavy atom. The van der Waals surface area contributed by atoms with Gasteiger partial charge in [-0.15, -0.1) is 0 Å².